The van der Waals surface area contributed by atoms with Crippen molar-refractivity contribution in [1.29, 1.82) is 0 Å². The van der Waals surface area contributed by atoms with E-state index in [1.807, 2.05) is 23.1 Å². The van der Waals surface area contributed by atoms with Crippen molar-refractivity contribution in [3.05, 3.63) is 35.4 Å². The monoisotopic (exact) mass is 307 g/mol. The molecule has 0 atom stereocenters. The Bertz CT molecular complexity index is 486. The van der Waals surface area contributed by atoms with E-state index in [1.54, 1.807) is 0 Å². The molecule has 0 unspecified atom stereocenters. The molecule has 1 aliphatic rings. The van der Waals surface area contributed by atoms with Gasteiger partial charge in [-0.25, -0.2) is 0 Å². The lowest BCUT2D eigenvalue weighted by Crippen LogP contribution is -2.41. The molecule has 1 aromatic rings. The molecular weight excluding hydrogens is 282 g/mol. The molecule has 0 spiro atoms. The molecule has 1 aliphatic carbocycles. The van der Waals surface area contributed by atoms with E-state index in [1.165, 1.54) is 12.8 Å². The largest absolute Gasteiger partial charge is 0.334 e. The predicted octanol–water partition coefficient (Wildman–Crippen LogP) is 4.61. The van der Waals surface area contributed by atoms with Gasteiger partial charge in [0.2, 0.25) is 0 Å². The van der Waals surface area contributed by atoms with Crippen molar-refractivity contribution in [2.75, 3.05) is 12.4 Å². The van der Waals surface area contributed by atoms with Gasteiger partial charge >= 0.3 is 0 Å². The summed E-state index contributed by atoms with van der Waals surface area (Å²) in [5.74, 6) is 0.646. The van der Waals surface area contributed by atoms with Gasteiger partial charge in [-0.05, 0) is 29.9 Å². The average molecular weight is 308 g/mol. The van der Waals surface area contributed by atoms with Crippen LogP contribution in [0.2, 0.25) is 0 Å². The van der Waals surface area contributed by atoms with Gasteiger partial charge in [0.05, 0.1) is 0 Å². The third-order valence-corrected chi connectivity index (χ3v) is 4.49. The zero-order chi connectivity index (χ0) is 15.5. The van der Waals surface area contributed by atoms with Crippen molar-refractivity contribution < 1.29 is 4.79 Å². The van der Waals surface area contributed by atoms with Crippen LogP contribution in [-0.2, 0) is 5.41 Å². The summed E-state index contributed by atoms with van der Waals surface area (Å²) >= 11 is 5.94. The molecular formula is C18H26ClNO. The summed E-state index contributed by atoms with van der Waals surface area (Å²) in [6, 6.07) is 8.36. The van der Waals surface area contributed by atoms with Gasteiger partial charge in [-0.1, -0.05) is 51.8 Å². The minimum Gasteiger partial charge on any atom is -0.334 e. The smallest absolute Gasteiger partial charge is 0.254 e. The van der Waals surface area contributed by atoms with E-state index in [2.05, 4.69) is 26.8 Å². The number of halogens is 1. The molecule has 2 nitrogen and oxygen atoms in total. The second-order valence-corrected chi connectivity index (χ2v) is 7.30. The van der Waals surface area contributed by atoms with Gasteiger partial charge in [0.1, 0.15) is 0 Å². The highest BCUT2D eigenvalue weighted by molar-refractivity contribution is 6.18. The lowest BCUT2D eigenvalue weighted by atomic mass is 9.83. The lowest BCUT2D eigenvalue weighted by molar-refractivity contribution is 0.0692. The molecule has 0 saturated heterocycles. The van der Waals surface area contributed by atoms with Gasteiger partial charge < -0.3 is 4.90 Å². The molecule has 0 aromatic heterocycles. The number of carbonyl (C=O) groups excluding carboxylic acids is 1. The number of alkyl halides is 1. The first-order valence-corrected chi connectivity index (χ1v) is 8.45. The number of hydrogen-bond acceptors (Lipinski definition) is 1. The Labute approximate surface area is 133 Å². The van der Waals surface area contributed by atoms with E-state index in [9.17, 15) is 4.79 Å². The average Bonchev–Trinajstić information content (AvgIpc) is 2.97. The van der Waals surface area contributed by atoms with Crippen LogP contribution in [-0.4, -0.2) is 29.3 Å². The molecule has 1 fully saturated rings. The highest BCUT2D eigenvalue weighted by atomic mass is 35.5. The van der Waals surface area contributed by atoms with E-state index in [0.717, 1.165) is 24.0 Å². The summed E-state index contributed by atoms with van der Waals surface area (Å²) < 4.78 is 0. The number of amides is 1. The quantitative estimate of drug-likeness (QED) is 0.744. The molecule has 1 aromatic carbocycles. The van der Waals surface area contributed by atoms with Crippen LogP contribution in [0.15, 0.2) is 24.3 Å². The first kappa shape index (κ1) is 16.4. The van der Waals surface area contributed by atoms with Gasteiger partial charge in [0.25, 0.3) is 5.91 Å². The maximum atomic E-state index is 13.1. The minimum atomic E-state index is -0.0332. The summed E-state index contributed by atoms with van der Waals surface area (Å²) in [5, 5.41) is 0. The Morgan fingerprint density at radius 3 is 2.43 bits per heavy atom. The number of nitrogens with zero attached hydrogens (tertiary/aromatic N) is 1. The Morgan fingerprint density at radius 1 is 1.24 bits per heavy atom. The van der Waals surface area contributed by atoms with Crippen molar-refractivity contribution in [3.63, 3.8) is 0 Å². The molecule has 0 bridgehead atoms. The molecule has 1 amide bonds. The fraction of sp³-hybridized carbons (Fsp3) is 0.611. The molecule has 0 aliphatic heterocycles. The lowest BCUT2D eigenvalue weighted by Gasteiger charge is -2.31. The Morgan fingerprint density at radius 2 is 1.86 bits per heavy atom. The second-order valence-electron chi connectivity index (χ2n) is 6.92. The van der Waals surface area contributed by atoms with E-state index < -0.39 is 0 Å². The normalized spacial score (nSPS) is 16.2. The maximum Gasteiger partial charge on any atom is 0.254 e. The van der Waals surface area contributed by atoms with E-state index >= 15 is 0 Å². The van der Waals surface area contributed by atoms with Crippen molar-refractivity contribution >= 4 is 17.5 Å². The molecule has 1 saturated carbocycles. The summed E-state index contributed by atoms with van der Waals surface area (Å²) in [6.07, 6.45) is 4.66. The van der Waals surface area contributed by atoms with Gasteiger partial charge in [-0.3, -0.25) is 4.79 Å². The van der Waals surface area contributed by atoms with Crippen molar-refractivity contribution in [2.24, 2.45) is 0 Å². The Balaban J connectivity index is 2.32. The van der Waals surface area contributed by atoms with E-state index in [0.29, 0.717) is 18.5 Å². The molecule has 0 N–H and O–H groups in total. The van der Waals surface area contributed by atoms with Crippen LogP contribution in [0.4, 0.5) is 0 Å². The van der Waals surface area contributed by atoms with Crippen LogP contribution >= 0.6 is 11.6 Å². The van der Waals surface area contributed by atoms with E-state index in [4.69, 9.17) is 11.6 Å². The van der Waals surface area contributed by atoms with Crippen molar-refractivity contribution in [1.82, 2.24) is 4.90 Å². The highest BCUT2D eigenvalue weighted by Crippen LogP contribution is 2.29. The number of rotatable bonds is 4. The fourth-order valence-electron chi connectivity index (χ4n) is 3.24. The molecule has 0 radical (unpaired) electrons. The maximum absolute atomic E-state index is 13.1. The topological polar surface area (TPSA) is 20.3 Å². The van der Waals surface area contributed by atoms with Crippen LogP contribution < -0.4 is 0 Å². The first-order chi connectivity index (χ1) is 9.95. The van der Waals surface area contributed by atoms with Crippen molar-refractivity contribution in [3.8, 4) is 0 Å². The second kappa shape index (κ2) is 6.83. The van der Waals surface area contributed by atoms with Gasteiger partial charge in [-0.2, -0.15) is 0 Å². The summed E-state index contributed by atoms with van der Waals surface area (Å²) in [4.78, 5) is 15.1. The first-order valence-electron chi connectivity index (χ1n) is 7.91. The minimum absolute atomic E-state index is 0.0332. The number of benzene rings is 1. The van der Waals surface area contributed by atoms with E-state index in [-0.39, 0.29) is 11.3 Å². The molecule has 116 valence electrons. The van der Waals surface area contributed by atoms with Gasteiger partial charge in [-0.15, -0.1) is 11.6 Å². The molecule has 3 heteroatoms. The van der Waals surface area contributed by atoms with Crippen molar-refractivity contribution in [2.45, 2.75) is 57.9 Å². The van der Waals surface area contributed by atoms with Crippen LogP contribution in [0, 0.1) is 0 Å². The Kier molecular flexibility index (Phi) is 5.32. The third kappa shape index (κ3) is 3.79. The standard InChI is InChI=1S/C18H26ClNO/c1-18(2,3)16-11-7-6-10-15(16)17(21)20(13-12-19)14-8-4-5-9-14/h6-7,10-11,14H,4-5,8-9,12-13H2,1-3H3. The molecule has 0 heterocycles. The third-order valence-electron chi connectivity index (χ3n) is 4.32. The van der Waals surface area contributed by atoms with Crippen LogP contribution in [0.3, 0.4) is 0 Å². The summed E-state index contributed by atoms with van der Waals surface area (Å²) in [7, 11) is 0. The van der Waals surface area contributed by atoms with Gasteiger partial charge in [0.15, 0.2) is 0 Å². The molecule has 21 heavy (non-hydrogen) atoms. The predicted molar refractivity (Wildman–Crippen MR) is 89.2 cm³/mol. The van der Waals surface area contributed by atoms with Crippen LogP contribution in [0.5, 0.6) is 0 Å². The SMILES string of the molecule is CC(C)(C)c1ccccc1C(=O)N(CCCl)C1CCCC1. The number of hydrogen-bond donors (Lipinski definition) is 0. The van der Waals surface area contributed by atoms with Crippen LogP contribution in [0.1, 0.15) is 62.4 Å². The van der Waals surface area contributed by atoms with Crippen LogP contribution in [0.25, 0.3) is 0 Å². The zero-order valence-corrected chi connectivity index (χ0v) is 14.1. The molecule has 2 rings (SSSR count). The summed E-state index contributed by atoms with van der Waals surface area (Å²) in [5.41, 5.74) is 1.92. The summed E-state index contributed by atoms with van der Waals surface area (Å²) in [6.45, 7) is 7.10. The Hall–Kier alpha value is -1.02. The fourth-order valence-corrected chi connectivity index (χ4v) is 3.42. The number of carbonyl (C=O) groups is 1. The van der Waals surface area contributed by atoms with Gasteiger partial charge in [0, 0.05) is 24.0 Å². The highest BCUT2D eigenvalue weighted by Gasteiger charge is 2.30. The zero-order valence-electron chi connectivity index (χ0n) is 13.4.